The molecular weight excluding hydrogens is 364 g/mol. The van der Waals surface area contributed by atoms with Crippen LogP contribution in [-0.2, 0) is 14.8 Å². The summed E-state index contributed by atoms with van der Waals surface area (Å²) in [6, 6.07) is 6.31. The Morgan fingerprint density at radius 2 is 2.00 bits per heavy atom. The van der Waals surface area contributed by atoms with Gasteiger partial charge < -0.3 is 5.73 Å². The Labute approximate surface area is 160 Å². The van der Waals surface area contributed by atoms with Crippen molar-refractivity contribution in [3.8, 4) is 12.3 Å². The van der Waals surface area contributed by atoms with Crippen LogP contribution in [0.15, 0.2) is 34.2 Å². The second-order valence-electron chi connectivity index (χ2n) is 7.33. The number of sulfonamides is 1. The van der Waals surface area contributed by atoms with Crippen molar-refractivity contribution >= 4 is 21.9 Å². The molecule has 7 nitrogen and oxygen atoms in total. The Morgan fingerprint density at radius 3 is 2.59 bits per heavy atom. The van der Waals surface area contributed by atoms with Crippen molar-refractivity contribution in [2.45, 2.75) is 36.6 Å². The van der Waals surface area contributed by atoms with Crippen molar-refractivity contribution in [1.82, 2.24) is 9.21 Å². The first-order valence-corrected chi connectivity index (χ1v) is 10.3. The lowest BCUT2D eigenvalue weighted by molar-refractivity contribution is -0.129. The monoisotopic (exact) mass is 388 g/mol. The molecule has 1 amide bonds. The van der Waals surface area contributed by atoms with Gasteiger partial charge in [0.2, 0.25) is 15.9 Å². The molecule has 0 bridgehead atoms. The summed E-state index contributed by atoms with van der Waals surface area (Å²) >= 11 is 0. The number of terminal acetylenes is 1. The van der Waals surface area contributed by atoms with Gasteiger partial charge in [-0.1, -0.05) is 5.92 Å². The lowest BCUT2D eigenvalue weighted by Crippen LogP contribution is -2.54. The Kier molecular flexibility index (Phi) is 5.02. The second kappa shape index (κ2) is 6.98. The number of nitrogens with zero attached hydrogens (tertiary/aromatic N) is 3. The lowest BCUT2D eigenvalue weighted by Gasteiger charge is -2.43. The van der Waals surface area contributed by atoms with E-state index in [4.69, 9.17) is 12.2 Å². The summed E-state index contributed by atoms with van der Waals surface area (Å²) < 4.78 is 27.6. The molecule has 144 valence electrons. The number of aliphatic imine (C=N–C) groups is 1. The van der Waals surface area contributed by atoms with Crippen molar-refractivity contribution < 1.29 is 13.2 Å². The predicted octanol–water partition coefficient (Wildman–Crippen LogP) is 1.00. The van der Waals surface area contributed by atoms with Crippen LogP contribution in [0.5, 0.6) is 0 Å². The number of nitrogens with two attached hydrogens (primary N) is 1. The number of carbonyl (C=O) groups excluding carboxylic acids is 1. The van der Waals surface area contributed by atoms with Gasteiger partial charge in [-0.05, 0) is 49.9 Å². The van der Waals surface area contributed by atoms with Crippen molar-refractivity contribution in [2.24, 2.45) is 16.6 Å². The minimum Gasteiger partial charge on any atom is -0.369 e. The first-order valence-electron chi connectivity index (χ1n) is 8.86. The molecular formula is C19H24N4O3S. The van der Waals surface area contributed by atoms with Gasteiger partial charge in [-0.15, -0.1) is 6.42 Å². The van der Waals surface area contributed by atoms with E-state index in [9.17, 15) is 13.2 Å². The third kappa shape index (κ3) is 3.57. The van der Waals surface area contributed by atoms with Crippen LogP contribution in [0.4, 0.5) is 0 Å². The number of carbonyl (C=O) groups is 1. The molecule has 1 aromatic carbocycles. The highest BCUT2D eigenvalue weighted by molar-refractivity contribution is 7.89. The Morgan fingerprint density at radius 1 is 1.33 bits per heavy atom. The molecule has 2 N–H and O–H groups in total. The molecule has 8 heteroatoms. The van der Waals surface area contributed by atoms with Crippen LogP contribution in [0.2, 0.25) is 0 Å². The Bertz CT molecular complexity index is 917. The number of amides is 1. The van der Waals surface area contributed by atoms with Crippen LogP contribution in [0.3, 0.4) is 0 Å². The Hall–Kier alpha value is -2.37. The standard InChI is InChI=1S/C19H24N4O3S/c1-4-14-7-9-16(10-8-14)27(25,26)23-11-5-6-15(13-23)19(2)12-17(24)22(3)18(20)21-19/h1,7-10,15H,5-6,11-13H2,2-3H3,(H2,20,21)/t15?,19-/m0/s1. The van der Waals surface area contributed by atoms with E-state index in [-0.39, 0.29) is 29.1 Å². The maximum absolute atomic E-state index is 13.0. The van der Waals surface area contributed by atoms with Gasteiger partial charge in [0, 0.05) is 25.7 Å². The van der Waals surface area contributed by atoms with Crippen LogP contribution in [-0.4, -0.2) is 55.2 Å². The largest absolute Gasteiger partial charge is 0.369 e. The summed E-state index contributed by atoms with van der Waals surface area (Å²) in [4.78, 5) is 18.3. The fraction of sp³-hybridized carbons (Fsp3) is 0.474. The SMILES string of the molecule is C#Cc1ccc(S(=O)(=O)N2CCCC([C@]3(C)CC(=O)N(C)C(N)=N3)C2)cc1. The number of hydrogen-bond acceptors (Lipinski definition) is 5. The molecule has 1 saturated heterocycles. The smallest absolute Gasteiger partial charge is 0.243 e. The first kappa shape index (κ1) is 19.4. The molecule has 0 aromatic heterocycles. The molecule has 1 fully saturated rings. The molecule has 1 aromatic rings. The maximum Gasteiger partial charge on any atom is 0.243 e. The highest BCUT2D eigenvalue weighted by atomic mass is 32.2. The number of benzene rings is 1. The molecule has 0 saturated carbocycles. The summed E-state index contributed by atoms with van der Waals surface area (Å²) in [6.07, 6.45) is 7.07. The van der Waals surface area contributed by atoms with Crippen LogP contribution >= 0.6 is 0 Å². The van der Waals surface area contributed by atoms with Gasteiger partial charge in [0.1, 0.15) is 0 Å². The molecule has 3 rings (SSSR count). The third-order valence-electron chi connectivity index (χ3n) is 5.52. The first-order chi connectivity index (χ1) is 12.7. The highest BCUT2D eigenvalue weighted by Crippen LogP contribution is 2.37. The van der Waals surface area contributed by atoms with Crippen LogP contribution in [0, 0.1) is 18.3 Å². The van der Waals surface area contributed by atoms with E-state index in [1.54, 1.807) is 19.2 Å². The zero-order valence-electron chi connectivity index (χ0n) is 15.6. The quantitative estimate of drug-likeness (QED) is 0.782. The molecule has 2 aliphatic heterocycles. The van der Waals surface area contributed by atoms with Gasteiger partial charge >= 0.3 is 0 Å². The lowest BCUT2D eigenvalue weighted by atomic mass is 9.78. The molecule has 0 radical (unpaired) electrons. The molecule has 2 aliphatic rings. The van der Waals surface area contributed by atoms with Gasteiger partial charge in [0.05, 0.1) is 16.9 Å². The third-order valence-corrected chi connectivity index (χ3v) is 7.40. The van der Waals surface area contributed by atoms with Gasteiger partial charge in [-0.2, -0.15) is 4.31 Å². The van der Waals surface area contributed by atoms with E-state index in [1.807, 2.05) is 6.92 Å². The zero-order valence-corrected chi connectivity index (χ0v) is 16.4. The predicted molar refractivity (Wildman–Crippen MR) is 103 cm³/mol. The molecule has 0 aliphatic carbocycles. The summed E-state index contributed by atoms with van der Waals surface area (Å²) in [5.41, 5.74) is 5.83. The molecule has 0 spiro atoms. The second-order valence-corrected chi connectivity index (χ2v) is 9.27. The number of piperidine rings is 1. The van der Waals surface area contributed by atoms with Crippen LogP contribution in [0.25, 0.3) is 0 Å². The minimum absolute atomic E-state index is 0.0813. The Balaban J connectivity index is 1.85. The topological polar surface area (TPSA) is 96.1 Å². The zero-order chi connectivity index (χ0) is 19.8. The van der Waals surface area contributed by atoms with E-state index in [0.29, 0.717) is 25.1 Å². The van der Waals surface area contributed by atoms with Gasteiger partial charge in [0.25, 0.3) is 0 Å². The van der Waals surface area contributed by atoms with E-state index in [2.05, 4.69) is 10.9 Å². The molecule has 2 atom stereocenters. The molecule has 27 heavy (non-hydrogen) atoms. The maximum atomic E-state index is 13.0. The fourth-order valence-corrected chi connectivity index (χ4v) is 5.23. The molecule has 1 unspecified atom stereocenters. The fourth-order valence-electron chi connectivity index (χ4n) is 3.70. The van der Waals surface area contributed by atoms with Gasteiger partial charge in [-0.3, -0.25) is 9.69 Å². The number of rotatable bonds is 3. The van der Waals surface area contributed by atoms with E-state index in [0.717, 1.165) is 6.42 Å². The van der Waals surface area contributed by atoms with Gasteiger partial charge in [0.15, 0.2) is 5.96 Å². The summed E-state index contributed by atoms with van der Waals surface area (Å²) in [6.45, 7) is 2.63. The van der Waals surface area contributed by atoms with Crippen molar-refractivity contribution in [3.05, 3.63) is 29.8 Å². The number of guanidine groups is 1. The van der Waals surface area contributed by atoms with E-state index >= 15 is 0 Å². The number of hydrogen-bond donors (Lipinski definition) is 1. The van der Waals surface area contributed by atoms with Crippen LogP contribution < -0.4 is 5.73 Å². The van der Waals surface area contributed by atoms with Crippen molar-refractivity contribution in [3.63, 3.8) is 0 Å². The normalized spacial score (nSPS) is 27.1. The summed E-state index contributed by atoms with van der Waals surface area (Å²) in [5, 5.41) is 0. The average molecular weight is 388 g/mol. The van der Waals surface area contributed by atoms with E-state index in [1.165, 1.54) is 21.3 Å². The van der Waals surface area contributed by atoms with E-state index < -0.39 is 15.6 Å². The minimum atomic E-state index is -3.63. The van der Waals surface area contributed by atoms with Gasteiger partial charge in [-0.25, -0.2) is 13.4 Å². The highest BCUT2D eigenvalue weighted by Gasteiger charge is 2.44. The average Bonchev–Trinajstić information content (AvgIpc) is 2.66. The van der Waals surface area contributed by atoms with Crippen molar-refractivity contribution in [1.29, 1.82) is 0 Å². The van der Waals surface area contributed by atoms with Crippen LogP contribution in [0.1, 0.15) is 31.7 Å². The molecule has 2 heterocycles. The summed E-state index contributed by atoms with van der Waals surface area (Å²) in [5.74, 6) is 2.48. The summed E-state index contributed by atoms with van der Waals surface area (Å²) in [7, 11) is -2.04. The van der Waals surface area contributed by atoms with Crippen molar-refractivity contribution in [2.75, 3.05) is 20.1 Å².